The number of aliphatic hydroxyl groups excluding tert-OH is 1. The van der Waals surface area contributed by atoms with E-state index in [4.69, 9.17) is 9.16 Å². The number of esters is 1. The van der Waals surface area contributed by atoms with E-state index < -0.39 is 25.9 Å². The fourth-order valence-corrected chi connectivity index (χ4v) is 5.23. The van der Waals surface area contributed by atoms with Crippen LogP contribution in [0.15, 0.2) is 12.7 Å². The number of carbonyl (C=O) groups is 1. The summed E-state index contributed by atoms with van der Waals surface area (Å²) in [6.07, 6.45) is 2.17. The minimum Gasteiger partial charge on any atom is -0.454 e. The quantitative estimate of drug-likeness (QED) is 0.473. The molecule has 5 heteroatoms. The Balaban J connectivity index is 2.27. The molecule has 4 atom stereocenters. The molecule has 4 nitrogen and oxygen atoms in total. The van der Waals surface area contributed by atoms with Crippen LogP contribution >= 0.6 is 0 Å². The molecule has 1 saturated heterocycles. The van der Waals surface area contributed by atoms with Crippen LogP contribution < -0.4 is 0 Å². The van der Waals surface area contributed by atoms with Gasteiger partial charge in [0, 0.05) is 11.3 Å². The van der Waals surface area contributed by atoms with Gasteiger partial charge in [-0.3, -0.25) is 4.79 Å². The summed E-state index contributed by atoms with van der Waals surface area (Å²) in [6, 6.07) is 0. The lowest BCUT2D eigenvalue weighted by Gasteiger charge is -2.56. The van der Waals surface area contributed by atoms with Gasteiger partial charge in [-0.1, -0.05) is 41.2 Å². The summed E-state index contributed by atoms with van der Waals surface area (Å²) in [7, 11) is -2.08. The van der Waals surface area contributed by atoms with Crippen LogP contribution in [0.2, 0.25) is 18.1 Å². The van der Waals surface area contributed by atoms with Crippen molar-refractivity contribution in [3.8, 4) is 0 Å². The van der Waals surface area contributed by atoms with Crippen LogP contribution in [0.5, 0.6) is 0 Å². The molecule has 1 aliphatic heterocycles. The van der Waals surface area contributed by atoms with E-state index in [1.807, 2.05) is 0 Å². The van der Waals surface area contributed by atoms with Crippen molar-refractivity contribution in [1.82, 2.24) is 0 Å². The third-order valence-electron chi connectivity index (χ3n) is 6.45. The van der Waals surface area contributed by atoms with Crippen molar-refractivity contribution < 1.29 is 19.1 Å². The molecule has 23 heavy (non-hydrogen) atoms. The smallest absolute Gasteiger partial charge is 0.312 e. The molecule has 1 saturated carbocycles. The van der Waals surface area contributed by atoms with Crippen LogP contribution in [-0.4, -0.2) is 37.7 Å². The van der Waals surface area contributed by atoms with E-state index in [0.717, 1.165) is 6.42 Å². The number of carbonyl (C=O) groups excluding carboxylic acids is 1. The summed E-state index contributed by atoms with van der Waals surface area (Å²) < 4.78 is 12.1. The van der Waals surface area contributed by atoms with Gasteiger partial charge in [0.1, 0.15) is 5.60 Å². The molecule has 2 rings (SSSR count). The molecule has 2 fully saturated rings. The number of hydrogen-bond acceptors (Lipinski definition) is 4. The zero-order valence-electron chi connectivity index (χ0n) is 15.6. The molecule has 1 N–H and O–H groups in total. The fraction of sp³-hybridized carbons (Fsp3) is 0.833. The molecule has 1 aliphatic carbocycles. The topological polar surface area (TPSA) is 55.8 Å². The van der Waals surface area contributed by atoms with Gasteiger partial charge in [0.05, 0.1) is 18.6 Å². The van der Waals surface area contributed by atoms with Crippen LogP contribution in [0.4, 0.5) is 0 Å². The van der Waals surface area contributed by atoms with Crippen molar-refractivity contribution in [1.29, 1.82) is 0 Å². The molecule has 0 aromatic rings. The number of hydrogen-bond donors (Lipinski definition) is 1. The summed E-state index contributed by atoms with van der Waals surface area (Å²) in [6.45, 7) is 18.7. The molecule has 0 aromatic carbocycles. The van der Waals surface area contributed by atoms with Crippen LogP contribution in [-0.2, 0) is 14.0 Å². The Hall–Kier alpha value is -0.653. The van der Waals surface area contributed by atoms with Crippen molar-refractivity contribution in [2.24, 2.45) is 17.3 Å². The molecule has 2 aliphatic rings. The van der Waals surface area contributed by atoms with Crippen molar-refractivity contribution >= 4 is 14.3 Å². The number of fused-ring (bicyclic) bond motifs is 1. The summed E-state index contributed by atoms with van der Waals surface area (Å²) in [5.74, 6) is -0.609. The maximum Gasteiger partial charge on any atom is 0.312 e. The van der Waals surface area contributed by atoms with E-state index in [2.05, 4.69) is 54.3 Å². The summed E-state index contributed by atoms with van der Waals surface area (Å²) in [4.78, 5) is 12.6. The molecule has 0 spiro atoms. The molecular formula is C18H32O4Si. The van der Waals surface area contributed by atoms with E-state index in [-0.39, 0.29) is 28.9 Å². The van der Waals surface area contributed by atoms with Gasteiger partial charge in [0.25, 0.3) is 0 Å². The highest BCUT2D eigenvalue weighted by molar-refractivity contribution is 6.74. The van der Waals surface area contributed by atoms with Crippen LogP contribution in [0.25, 0.3) is 0 Å². The lowest BCUT2D eigenvalue weighted by molar-refractivity contribution is -0.173. The zero-order valence-corrected chi connectivity index (χ0v) is 16.6. The second-order valence-electron chi connectivity index (χ2n) is 9.24. The summed E-state index contributed by atoms with van der Waals surface area (Å²) in [5, 5.41) is 9.94. The first kappa shape index (κ1) is 18.7. The largest absolute Gasteiger partial charge is 0.454 e. The van der Waals surface area contributed by atoms with Crippen molar-refractivity contribution in [2.75, 3.05) is 6.61 Å². The predicted molar refractivity (Wildman–Crippen MR) is 93.6 cm³/mol. The first-order valence-corrected chi connectivity index (χ1v) is 11.4. The monoisotopic (exact) mass is 340 g/mol. The average molecular weight is 341 g/mol. The third kappa shape index (κ3) is 2.61. The van der Waals surface area contributed by atoms with Gasteiger partial charge in [-0.25, -0.2) is 0 Å². The van der Waals surface area contributed by atoms with Gasteiger partial charge in [-0.15, -0.1) is 0 Å². The van der Waals surface area contributed by atoms with E-state index in [9.17, 15) is 9.90 Å². The second-order valence-corrected chi connectivity index (χ2v) is 14.0. The normalized spacial score (nSPS) is 34.3. The predicted octanol–water partition coefficient (Wildman–Crippen LogP) is 3.51. The van der Waals surface area contributed by atoms with E-state index in [0.29, 0.717) is 0 Å². The van der Waals surface area contributed by atoms with Gasteiger partial charge >= 0.3 is 5.97 Å². The average Bonchev–Trinajstić information content (AvgIpc) is 2.64. The highest BCUT2D eigenvalue weighted by Gasteiger charge is 2.71. The Bertz CT molecular complexity index is 506. The van der Waals surface area contributed by atoms with Gasteiger partial charge in [0.2, 0.25) is 0 Å². The Morgan fingerprint density at radius 1 is 1.48 bits per heavy atom. The molecule has 0 aromatic heterocycles. The molecule has 1 heterocycles. The first-order valence-electron chi connectivity index (χ1n) is 8.48. The standard InChI is InChI=1S/C18H32O4Si/c1-9-18-12(10-17(18,5)6)14(15(20)21-18)13(11-19)22-23(7,8)16(2,3)4/h9,12-14,19H,1,10-11H2,2-8H3/t12-,13-,14+,18+/m1/s1. The molecule has 0 bridgehead atoms. The van der Waals surface area contributed by atoms with Gasteiger partial charge in [-0.2, -0.15) is 0 Å². The highest BCUT2D eigenvalue weighted by Crippen LogP contribution is 2.64. The lowest BCUT2D eigenvalue weighted by Crippen LogP contribution is -2.61. The van der Waals surface area contributed by atoms with Crippen molar-refractivity contribution in [2.45, 2.75) is 70.9 Å². The van der Waals surface area contributed by atoms with Gasteiger partial charge < -0.3 is 14.3 Å². The van der Waals surface area contributed by atoms with Crippen molar-refractivity contribution in [3.05, 3.63) is 12.7 Å². The molecule has 132 valence electrons. The van der Waals surface area contributed by atoms with Crippen LogP contribution in [0.3, 0.4) is 0 Å². The fourth-order valence-electron chi connectivity index (χ4n) is 3.90. The molecule has 0 amide bonds. The molecule has 0 radical (unpaired) electrons. The minimum atomic E-state index is -2.08. The maximum absolute atomic E-state index is 12.6. The number of ether oxygens (including phenoxy) is 1. The Kier molecular flexibility index (Phi) is 4.41. The number of aliphatic hydroxyl groups is 1. The molecule has 0 unspecified atom stereocenters. The van der Waals surface area contributed by atoms with E-state index in [1.165, 1.54) is 0 Å². The van der Waals surface area contributed by atoms with Crippen molar-refractivity contribution in [3.63, 3.8) is 0 Å². The van der Waals surface area contributed by atoms with Crippen LogP contribution in [0, 0.1) is 17.3 Å². The highest BCUT2D eigenvalue weighted by atomic mass is 28.4. The number of rotatable bonds is 5. The van der Waals surface area contributed by atoms with Crippen LogP contribution in [0.1, 0.15) is 41.0 Å². The van der Waals surface area contributed by atoms with E-state index >= 15 is 0 Å². The Labute approximate surface area is 141 Å². The SMILES string of the molecule is C=C[C@]12OC(=O)[C@H]([C@@H](CO)O[Si](C)(C)C(C)(C)C)[C@H]1CC2(C)C. The summed E-state index contributed by atoms with van der Waals surface area (Å²) >= 11 is 0. The van der Waals surface area contributed by atoms with E-state index in [1.54, 1.807) is 6.08 Å². The summed E-state index contributed by atoms with van der Waals surface area (Å²) in [5.41, 5.74) is -0.722. The Morgan fingerprint density at radius 2 is 2.04 bits per heavy atom. The zero-order chi connectivity index (χ0) is 17.8. The maximum atomic E-state index is 12.6. The minimum absolute atomic E-state index is 0.0251. The second kappa shape index (κ2) is 5.43. The van der Waals surface area contributed by atoms with Gasteiger partial charge in [-0.05, 0) is 30.6 Å². The Morgan fingerprint density at radius 3 is 2.39 bits per heavy atom. The van der Waals surface area contributed by atoms with Gasteiger partial charge in [0.15, 0.2) is 8.32 Å². The lowest BCUT2D eigenvalue weighted by atomic mass is 9.50. The third-order valence-corrected chi connectivity index (χ3v) is 11.0. The molecular weight excluding hydrogens is 308 g/mol. The first-order chi connectivity index (χ1) is 10.3.